The van der Waals surface area contributed by atoms with Gasteiger partial charge in [0.2, 0.25) is 5.88 Å². The highest BCUT2D eigenvalue weighted by Crippen LogP contribution is 2.25. The van der Waals surface area contributed by atoms with Crippen LogP contribution in [0.15, 0.2) is 18.3 Å². The molecule has 0 unspecified atom stereocenters. The van der Waals surface area contributed by atoms with Crippen LogP contribution < -0.4 is 4.74 Å². The maximum atomic E-state index is 5.51. The van der Waals surface area contributed by atoms with Gasteiger partial charge in [0, 0.05) is 17.6 Å². The van der Waals surface area contributed by atoms with Crippen LogP contribution in [0.3, 0.4) is 0 Å². The third-order valence-electron chi connectivity index (χ3n) is 2.93. The molecule has 0 saturated heterocycles. The molecule has 2 aromatic heterocycles. The van der Waals surface area contributed by atoms with Crippen LogP contribution in [0.4, 0.5) is 0 Å². The van der Waals surface area contributed by atoms with E-state index in [1.54, 1.807) is 6.20 Å². The predicted molar refractivity (Wildman–Crippen MR) is 70.6 cm³/mol. The number of hydrogen-bond donors (Lipinski definition) is 0. The van der Waals surface area contributed by atoms with E-state index in [-0.39, 0.29) is 0 Å². The van der Waals surface area contributed by atoms with Gasteiger partial charge in [0.1, 0.15) is 0 Å². The summed E-state index contributed by atoms with van der Waals surface area (Å²) in [4.78, 5) is 13.3. The molecule has 0 aliphatic carbocycles. The van der Waals surface area contributed by atoms with Gasteiger partial charge in [0.15, 0.2) is 5.82 Å². The van der Waals surface area contributed by atoms with Crippen molar-refractivity contribution in [2.45, 2.75) is 27.7 Å². The highest BCUT2D eigenvalue weighted by atomic mass is 16.5. The number of nitrogens with zero attached hydrogens (tertiary/aromatic N) is 3. The minimum atomic E-state index is 0.577. The van der Waals surface area contributed by atoms with E-state index in [4.69, 9.17) is 4.74 Å². The largest absolute Gasteiger partial charge is 0.477 e. The number of ether oxygens (including phenoxy) is 1. The molecule has 4 nitrogen and oxygen atoms in total. The van der Waals surface area contributed by atoms with Gasteiger partial charge in [-0.1, -0.05) is 0 Å². The van der Waals surface area contributed by atoms with Crippen molar-refractivity contribution in [1.82, 2.24) is 15.0 Å². The van der Waals surface area contributed by atoms with Gasteiger partial charge in [0.25, 0.3) is 0 Å². The molecule has 18 heavy (non-hydrogen) atoms. The van der Waals surface area contributed by atoms with Crippen LogP contribution in [0.25, 0.3) is 11.4 Å². The Morgan fingerprint density at radius 3 is 2.39 bits per heavy atom. The molecule has 2 heterocycles. The lowest BCUT2D eigenvalue weighted by Crippen LogP contribution is -2.02. The maximum Gasteiger partial charge on any atom is 0.224 e. The SMILES string of the molecule is CCOc1ncccc1-c1nc(C)c(C)c(C)n1. The van der Waals surface area contributed by atoms with Crippen LogP contribution in [0, 0.1) is 20.8 Å². The molecule has 0 bridgehead atoms. The van der Waals surface area contributed by atoms with Crippen LogP contribution in [0.5, 0.6) is 5.88 Å². The molecule has 0 fully saturated rings. The van der Waals surface area contributed by atoms with Crippen molar-refractivity contribution in [2.24, 2.45) is 0 Å². The Labute approximate surface area is 107 Å². The molecule has 4 heteroatoms. The Hall–Kier alpha value is -1.97. The van der Waals surface area contributed by atoms with E-state index in [0.717, 1.165) is 22.5 Å². The summed E-state index contributed by atoms with van der Waals surface area (Å²) in [6.07, 6.45) is 1.71. The minimum Gasteiger partial charge on any atom is -0.477 e. The first kappa shape index (κ1) is 12.5. The normalized spacial score (nSPS) is 10.4. The summed E-state index contributed by atoms with van der Waals surface area (Å²) in [6.45, 7) is 8.52. The van der Waals surface area contributed by atoms with E-state index in [2.05, 4.69) is 15.0 Å². The third kappa shape index (κ3) is 2.32. The summed E-state index contributed by atoms with van der Waals surface area (Å²) in [6, 6.07) is 3.80. The third-order valence-corrected chi connectivity index (χ3v) is 2.93. The maximum absolute atomic E-state index is 5.51. The molecule has 0 N–H and O–H groups in total. The number of hydrogen-bond acceptors (Lipinski definition) is 4. The second-order valence-electron chi connectivity index (χ2n) is 4.13. The summed E-state index contributed by atoms with van der Waals surface area (Å²) in [7, 11) is 0. The summed E-state index contributed by atoms with van der Waals surface area (Å²) in [5.41, 5.74) is 3.94. The van der Waals surface area contributed by atoms with Crippen LogP contribution in [-0.2, 0) is 0 Å². The quantitative estimate of drug-likeness (QED) is 0.831. The minimum absolute atomic E-state index is 0.577. The topological polar surface area (TPSA) is 47.9 Å². The zero-order chi connectivity index (χ0) is 13.1. The van der Waals surface area contributed by atoms with E-state index in [0.29, 0.717) is 18.3 Å². The van der Waals surface area contributed by atoms with E-state index >= 15 is 0 Å². The molecule has 0 radical (unpaired) electrons. The van der Waals surface area contributed by atoms with Crippen molar-refractivity contribution in [3.63, 3.8) is 0 Å². The molecular weight excluding hydrogens is 226 g/mol. The van der Waals surface area contributed by atoms with Crippen LogP contribution in [-0.4, -0.2) is 21.6 Å². The Morgan fingerprint density at radius 1 is 1.11 bits per heavy atom. The van der Waals surface area contributed by atoms with Gasteiger partial charge < -0.3 is 4.74 Å². The molecule has 2 aromatic rings. The van der Waals surface area contributed by atoms with Crippen molar-refractivity contribution >= 4 is 0 Å². The molecule has 0 saturated carbocycles. The average Bonchev–Trinajstić information content (AvgIpc) is 2.36. The zero-order valence-electron chi connectivity index (χ0n) is 11.2. The highest BCUT2D eigenvalue weighted by Gasteiger charge is 2.12. The molecule has 0 aromatic carbocycles. The molecule has 2 rings (SSSR count). The fourth-order valence-corrected chi connectivity index (χ4v) is 1.71. The van der Waals surface area contributed by atoms with Gasteiger partial charge in [0.05, 0.1) is 12.2 Å². The second-order valence-corrected chi connectivity index (χ2v) is 4.13. The van der Waals surface area contributed by atoms with Crippen molar-refractivity contribution in [1.29, 1.82) is 0 Å². The van der Waals surface area contributed by atoms with Crippen LogP contribution >= 0.6 is 0 Å². The van der Waals surface area contributed by atoms with Crippen LogP contribution in [0.1, 0.15) is 23.9 Å². The predicted octanol–water partition coefficient (Wildman–Crippen LogP) is 2.86. The zero-order valence-corrected chi connectivity index (χ0v) is 11.2. The molecular formula is C14H17N3O. The van der Waals surface area contributed by atoms with Crippen molar-refractivity contribution in [2.75, 3.05) is 6.61 Å². The fourth-order valence-electron chi connectivity index (χ4n) is 1.71. The number of pyridine rings is 1. The van der Waals surface area contributed by atoms with Crippen molar-refractivity contribution in [3.05, 3.63) is 35.3 Å². The summed E-state index contributed by atoms with van der Waals surface area (Å²) in [5, 5.41) is 0. The summed E-state index contributed by atoms with van der Waals surface area (Å²) < 4.78 is 5.51. The van der Waals surface area contributed by atoms with Gasteiger partial charge in [-0.25, -0.2) is 15.0 Å². The van der Waals surface area contributed by atoms with E-state index in [9.17, 15) is 0 Å². The van der Waals surface area contributed by atoms with Crippen LogP contribution in [0.2, 0.25) is 0 Å². The Kier molecular flexibility index (Phi) is 3.55. The lowest BCUT2D eigenvalue weighted by molar-refractivity contribution is 0.328. The molecule has 0 aliphatic rings. The molecule has 94 valence electrons. The number of aryl methyl sites for hydroxylation is 2. The van der Waals surface area contributed by atoms with E-state index in [1.165, 1.54) is 0 Å². The lowest BCUT2D eigenvalue weighted by atomic mass is 10.2. The molecule has 0 atom stereocenters. The van der Waals surface area contributed by atoms with Gasteiger partial charge in [-0.15, -0.1) is 0 Å². The van der Waals surface area contributed by atoms with Gasteiger partial charge in [-0.3, -0.25) is 0 Å². The molecule has 0 amide bonds. The Balaban J connectivity index is 2.55. The summed E-state index contributed by atoms with van der Waals surface area (Å²) >= 11 is 0. The standard InChI is InChI=1S/C14H17N3O/c1-5-18-14-12(7-6-8-15-14)13-16-10(3)9(2)11(4)17-13/h6-8H,5H2,1-4H3. The summed E-state index contributed by atoms with van der Waals surface area (Å²) in [5.74, 6) is 1.26. The first-order valence-corrected chi connectivity index (χ1v) is 6.03. The van der Waals surface area contributed by atoms with E-state index in [1.807, 2.05) is 39.8 Å². The number of aromatic nitrogens is 3. The monoisotopic (exact) mass is 243 g/mol. The van der Waals surface area contributed by atoms with Crippen molar-refractivity contribution in [3.8, 4) is 17.3 Å². The Bertz CT molecular complexity index is 544. The fraction of sp³-hybridized carbons (Fsp3) is 0.357. The Morgan fingerprint density at radius 2 is 1.78 bits per heavy atom. The first-order valence-electron chi connectivity index (χ1n) is 6.03. The van der Waals surface area contributed by atoms with E-state index < -0.39 is 0 Å². The second kappa shape index (κ2) is 5.12. The van der Waals surface area contributed by atoms with Gasteiger partial charge in [-0.05, 0) is 45.4 Å². The number of rotatable bonds is 3. The highest BCUT2D eigenvalue weighted by molar-refractivity contribution is 5.61. The lowest BCUT2D eigenvalue weighted by Gasteiger charge is -2.10. The van der Waals surface area contributed by atoms with Gasteiger partial charge in [-0.2, -0.15) is 0 Å². The van der Waals surface area contributed by atoms with Crippen molar-refractivity contribution < 1.29 is 4.74 Å². The molecule has 0 spiro atoms. The average molecular weight is 243 g/mol. The molecule has 0 aliphatic heterocycles. The first-order chi connectivity index (χ1) is 8.63. The smallest absolute Gasteiger partial charge is 0.224 e. The van der Waals surface area contributed by atoms with Gasteiger partial charge >= 0.3 is 0 Å².